The van der Waals surface area contributed by atoms with E-state index < -0.39 is 80.1 Å². The Morgan fingerprint density at radius 3 is 2.51 bits per heavy atom. The number of nitrogen functional groups attached to an aromatic ring is 1. The Labute approximate surface area is 280 Å². The zero-order valence-corrected chi connectivity index (χ0v) is 27.2. The molecular formula is C26H31F3N8O10S2. The van der Waals surface area contributed by atoms with E-state index in [-0.39, 0.29) is 34.0 Å². The van der Waals surface area contributed by atoms with Gasteiger partial charge >= 0.3 is 22.5 Å². The van der Waals surface area contributed by atoms with Crippen LogP contribution in [0.1, 0.15) is 42.8 Å². The number of benzene rings is 1. The molecule has 2 aliphatic heterocycles. The number of ether oxygens (including phenoxy) is 1. The van der Waals surface area contributed by atoms with Gasteiger partial charge in [-0.2, -0.15) is 26.7 Å². The third kappa shape index (κ3) is 9.11. The van der Waals surface area contributed by atoms with Crippen LogP contribution in [-0.4, -0.2) is 101 Å². The SMILES string of the molecule is CC1(C)[C@H](NC(=O)/C(=N\OC(COc2ccc(C(=N)N[C@@H]3CCCNC3)cc2)C(=O)O)c2nc(N)sc2C(F)(F)F)C(=O)N1OS(=O)(=O)O. The topological polar surface area (TPSA) is 268 Å². The molecule has 2 aliphatic rings. The summed E-state index contributed by atoms with van der Waals surface area (Å²) in [5, 5.41) is 29.3. The average molecular weight is 737 g/mol. The highest BCUT2D eigenvalue weighted by atomic mass is 32.3. The molecule has 8 N–H and O–H groups in total. The number of halogens is 3. The van der Waals surface area contributed by atoms with E-state index in [1.807, 2.05) is 0 Å². The number of rotatable bonds is 13. The van der Waals surface area contributed by atoms with Crippen molar-refractivity contribution in [1.29, 1.82) is 5.41 Å². The summed E-state index contributed by atoms with van der Waals surface area (Å²) in [6.07, 6.45) is -5.24. The number of hydrogen-bond acceptors (Lipinski definition) is 14. The highest BCUT2D eigenvalue weighted by Gasteiger charge is 2.58. The Kier molecular flexibility index (Phi) is 11.0. The predicted molar refractivity (Wildman–Crippen MR) is 164 cm³/mol. The number of carbonyl (C=O) groups excluding carboxylic acids is 2. The number of nitrogens with two attached hydrogens (primary N) is 1. The first-order valence-corrected chi connectivity index (χ1v) is 16.4. The number of aliphatic carboxylic acids is 1. The summed E-state index contributed by atoms with van der Waals surface area (Å²) in [6, 6.07) is 4.46. The van der Waals surface area contributed by atoms with Crippen LogP contribution < -0.4 is 26.4 Å². The molecule has 2 aromatic rings. The monoisotopic (exact) mass is 736 g/mol. The highest BCUT2D eigenvalue weighted by molar-refractivity contribution is 7.80. The van der Waals surface area contributed by atoms with Gasteiger partial charge < -0.3 is 36.4 Å². The third-order valence-electron chi connectivity index (χ3n) is 7.20. The molecule has 3 atom stereocenters. The summed E-state index contributed by atoms with van der Waals surface area (Å²) in [4.78, 5) is 44.7. The average Bonchev–Trinajstić information content (AvgIpc) is 3.42. The number of oxime groups is 1. The number of amides is 2. The van der Waals surface area contributed by atoms with E-state index in [2.05, 4.69) is 30.4 Å². The number of anilines is 1. The van der Waals surface area contributed by atoms with Crippen molar-refractivity contribution in [3.8, 4) is 5.75 Å². The number of carboxylic acids is 1. The van der Waals surface area contributed by atoms with Gasteiger partial charge in [-0.1, -0.05) is 16.5 Å². The van der Waals surface area contributed by atoms with E-state index in [1.54, 1.807) is 12.1 Å². The summed E-state index contributed by atoms with van der Waals surface area (Å²) in [6.45, 7) is 3.25. The summed E-state index contributed by atoms with van der Waals surface area (Å²) >= 11 is -0.0546. The van der Waals surface area contributed by atoms with E-state index in [1.165, 1.54) is 26.0 Å². The first kappa shape index (κ1) is 37.2. The van der Waals surface area contributed by atoms with Crippen molar-refractivity contribution < 1.29 is 59.5 Å². The van der Waals surface area contributed by atoms with Gasteiger partial charge in [0, 0.05) is 18.2 Å². The number of piperidine rings is 1. The van der Waals surface area contributed by atoms with Crippen LogP contribution in [0.15, 0.2) is 29.4 Å². The molecule has 0 spiro atoms. The summed E-state index contributed by atoms with van der Waals surface area (Å²) in [7, 11) is -5.16. The molecule has 2 fully saturated rings. The van der Waals surface area contributed by atoms with E-state index in [0.717, 1.165) is 19.4 Å². The van der Waals surface area contributed by atoms with Crippen LogP contribution in [0, 0.1) is 5.41 Å². The van der Waals surface area contributed by atoms with Gasteiger partial charge in [0.2, 0.25) is 0 Å². The lowest BCUT2D eigenvalue weighted by molar-refractivity contribution is -0.218. The van der Waals surface area contributed by atoms with E-state index >= 15 is 0 Å². The first-order valence-electron chi connectivity index (χ1n) is 14.2. The minimum Gasteiger partial charge on any atom is -0.489 e. The fraction of sp³-hybridized carbons (Fsp3) is 0.462. The van der Waals surface area contributed by atoms with Gasteiger partial charge in [-0.05, 0) is 57.5 Å². The molecule has 268 valence electrons. The molecule has 2 amide bonds. The summed E-state index contributed by atoms with van der Waals surface area (Å²) in [5.41, 5.74) is 1.95. The number of alkyl halides is 3. The number of hydroxylamine groups is 2. The van der Waals surface area contributed by atoms with E-state index in [9.17, 15) is 41.1 Å². The van der Waals surface area contributed by atoms with Crippen molar-refractivity contribution in [1.82, 2.24) is 26.0 Å². The van der Waals surface area contributed by atoms with Crippen LogP contribution in [0.25, 0.3) is 0 Å². The lowest BCUT2D eigenvalue weighted by Gasteiger charge is -2.50. The maximum absolute atomic E-state index is 13.8. The normalized spacial score (nSPS) is 20.2. The second-order valence-corrected chi connectivity index (χ2v) is 13.2. The van der Waals surface area contributed by atoms with Gasteiger partial charge in [-0.15, -0.1) is 4.28 Å². The molecule has 0 aliphatic carbocycles. The molecule has 1 aromatic carbocycles. The van der Waals surface area contributed by atoms with Crippen LogP contribution in [0.5, 0.6) is 5.75 Å². The molecule has 49 heavy (non-hydrogen) atoms. The van der Waals surface area contributed by atoms with Crippen molar-refractivity contribution in [3.63, 3.8) is 0 Å². The number of β-lactam (4-membered cyclic amide) rings is 1. The Morgan fingerprint density at radius 2 is 1.96 bits per heavy atom. The number of aromatic nitrogens is 1. The molecule has 0 saturated carbocycles. The quantitative estimate of drug-likeness (QED) is 0.0486. The van der Waals surface area contributed by atoms with Crippen molar-refractivity contribution >= 4 is 56.2 Å². The number of carbonyl (C=O) groups is 3. The number of hydrogen-bond donors (Lipinski definition) is 7. The largest absolute Gasteiger partial charge is 0.489 e. The second kappa shape index (κ2) is 14.5. The maximum Gasteiger partial charge on any atom is 0.427 e. The van der Waals surface area contributed by atoms with Gasteiger partial charge in [0.1, 0.15) is 34.8 Å². The Balaban J connectivity index is 1.51. The van der Waals surface area contributed by atoms with Crippen molar-refractivity contribution in [2.75, 3.05) is 25.4 Å². The first-order chi connectivity index (χ1) is 22.8. The molecule has 1 aromatic heterocycles. The lowest BCUT2D eigenvalue weighted by atomic mass is 9.84. The van der Waals surface area contributed by atoms with Crippen molar-refractivity contribution in [2.45, 2.75) is 56.6 Å². The summed E-state index contributed by atoms with van der Waals surface area (Å²) < 4.78 is 82.3. The van der Waals surface area contributed by atoms with Crippen LogP contribution in [-0.2, 0) is 40.1 Å². The third-order valence-corrected chi connectivity index (χ3v) is 8.46. The zero-order valence-electron chi connectivity index (χ0n) is 25.6. The zero-order chi connectivity index (χ0) is 36.3. The predicted octanol–water partition coefficient (Wildman–Crippen LogP) is 0.504. The fourth-order valence-electron chi connectivity index (χ4n) is 4.72. The van der Waals surface area contributed by atoms with E-state index in [0.29, 0.717) is 12.1 Å². The van der Waals surface area contributed by atoms with Gasteiger partial charge in [0.05, 0.1) is 5.54 Å². The number of thiazole rings is 1. The molecule has 1 unspecified atom stereocenters. The molecule has 3 heterocycles. The molecule has 2 saturated heterocycles. The van der Waals surface area contributed by atoms with Crippen LogP contribution in [0.3, 0.4) is 0 Å². The molecule has 23 heteroatoms. The second-order valence-electron chi connectivity index (χ2n) is 11.2. The van der Waals surface area contributed by atoms with Crippen molar-refractivity contribution in [3.05, 3.63) is 40.4 Å². The van der Waals surface area contributed by atoms with Gasteiger partial charge in [-0.25, -0.2) is 9.78 Å². The molecule has 0 radical (unpaired) electrons. The maximum atomic E-state index is 13.8. The smallest absolute Gasteiger partial charge is 0.427 e. The fourth-order valence-corrected chi connectivity index (χ4v) is 5.87. The van der Waals surface area contributed by atoms with Gasteiger partial charge in [-0.3, -0.25) is 19.6 Å². The summed E-state index contributed by atoms with van der Waals surface area (Å²) in [5.74, 6) is -4.12. The molecule has 18 nitrogen and oxygen atoms in total. The van der Waals surface area contributed by atoms with Crippen LogP contribution in [0.2, 0.25) is 0 Å². The Bertz CT molecular complexity index is 1730. The Hall–Kier alpha value is -4.58. The number of nitrogens with zero attached hydrogens (tertiary/aromatic N) is 3. The standard InChI is InChI=1S/C26H31F3N8O10S2/c1-25(2)18(22(39)37(25)47-49(42,43)44)35-21(38)17(16-19(26(27,28)29)48-24(31)34-16)36-46-15(23(40)41)11-45-14-7-5-12(6-8-14)20(30)33-13-4-3-9-32-10-13/h5-8,13,15,18,32H,3-4,9-11H2,1-2H3,(H2,30,33)(H2,31,34)(H,35,38)(H,40,41)(H,42,43,44)/b36-17-/t13-,15?,18-/m1/s1. The minimum absolute atomic E-state index is 0.0546. The minimum atomic E-state index is -5.16. The molecule has 4 rings (SSSR count). The molecular weight excluding hydrogens is 705 g/mol. The number of nitrogens with one attached hydrogen (secondary N) is 4. The van der Waals surface area contributed by atoms with Crippen LogP contribution >= 0.6 is 11.3 Å². The van der Waals surface area contributed by atoms with Crippen molar-refractivity contribution in [2.24, 2.45) is 5.16 Å². The van der Waals surface area contributed by atoms with Gasteiger partial charge in [0.15, 0.2) is 10.8 Å². The highest BCUT2D eigenvalue weighted by Crippen LogP contribution is 2.38. The number of carboxylic acid groups (broad SMARTS) is 1. The number of amidine groups is 1. The van der Waals surface area contributed by atoms with Crippen LogP contribution in [0.4, 0.5) is 18.3 Å². The van der Waals surface area contributed by atoms with E-state index in [4.69, 9.17) is 25.3 Å². The Morgan fingerprint density at radius 1 is 1.29 bits per heavy atom. The molecule has 0 bridgehead atoms. The lowest BCUT2D eigenvalue weighted by Crippen LogP contribution is -2.76. The van der Waals surface area contributed by atoms with Gasteiger partial charge in [0.25, 0.3) is 17.9 Å².